The van der Waals surface area contributed by atoms with Crippen molar-refractivity contribution >= 4 is 50.6 Å². The molecule has 4 rings (SSSR count). The number of ether oxygens (including phenoxy) is 2. The van der Waals surface area contributed by atoms with E-state index in [-0.39, 0.29) is 22.6 Å². The van der Waals surface area contributed by atoms with Gasteiger partial charge in [0.05, 0.1) is 10.6 Å². The largest absolute Gasteiger partial charge is 0.454 e. The summed E-state index contributed by atoms with van der Waals surface area (Å²) in [7, 11) is -4.11. The van der Waals surface area contributed by atoms with Crippen LogP contribution in [0.2, 0.25) is 5.02 Å². The van der Waals surface area contributed by atoms with Crippen LogP contribution in [0, 0.1) is 20.8 Å². The molecular weight excluding hydrogens is 454 g/mol. The summed E-state index contributed by atoms with van der Waals surface area (Å²) in [4.78, 5) is 14.3. The quantitative estimate of drug-likeness (QED) is 0.607. The molecule has 0 fully saturated rings. The fourth-order valence-electron chi connectivity index (χ4n) is 3.11. The van der Waals surface area contributed by atoms with Gasteiger partial charge in [-0.3, -0.25) is 0 Å². The number of benzene rings is 1. The Kier molecular flexibility index (Phi) is 5.12. The lowest BCUT2D eigenvalue weighted by molar-refractivity contribution is 0.173. The SMILES string of the molecule is Cc1cc2c(c(C)c1N(C(=O)NS(=O)(=O)c1ccsc1)c1onc(C)c1Cl)OCO2. The van der Waals surface area contributed by atoms with Gasteiger partial charge in [-0.25, -0.2) is 22.8 Å². The average Bonchev–Trinajstić information content (AvgIpc) is 3.42. The first-order valence-electron chi connectivity index (χ1n) is 8.61. The van der Waals surface area contributed by atoms with Crippen molar-refractivity contribution in [3.05, 3.63) is 44.7 Å². The van der Waals surface area contributed by atoms with Crippen molar-refractivity contribution in [1.82, 2.24) is 9.88 Å². The number of nitrogens with one attached hydrogen (secondary N) is 1. The van der Waals surface area contributed by atoms with E-state index in [4.69, 9.17) is 25.6 Å². The molecule has 0 spiro atoms. The van der Waals surface area contributed by atoms with Crippen molar-refractivity contribution in [2.45, 2.75) is 25.7 Å². The van der Waals surface area contributed by atoms with Crippen LogP contribution in [-0.4, -0.2) is 26.4 Å². The number of fused-ring (bicyclic) bond motifs is 1. The minimum atomic E-state index is -4.11. The van der Waals surface area contributed by atoms with Gasteiger partial charge in [-0.15, -0.1) is 0 Å². The molecule has 1 N–H and O–H groups in total. The summed E-state index contributed by atoms with van der Waals surface area (Å²) in [6.45, 7) is 5.11. The van der Waals surface area contributed by atoms with Gasteiger partial charge in [0, 0.05) is 10.9 Å². The highest BCUT2D eigenvalue weighted by molar-refractivity contribution is 7.90. The van der Waals surface area contributed by atoms with Crippen LogP contribution in [-0.2, 0) is 10.0 Å². The van der Waals surface area contributed by atoms with Gasteiger partial charge in [-0.05, 0) is 43.8 Å². The third kappa shape index (κ3) is 3.38. The Morgan fingerprint density at radius 1 is 1.30 bits per heavy atom. The number of aromatic nitrogens is 1. The highest BCUT2D eigenvalue weighted by Crippen LogP contribution is 2.46. The van der Waals surface area contributed by atoms with Crippen molar-refractivity contribution in [2.75, 3.05) is 11.7 Å². The first kappa shape index (κ1) is 20.5. The van der Waals surface area contributed by atoms with Gasteiger partial charge in [-0.2, -0.15) is 11.3 Å². The molecule has 0 aliphatic carbocycles. The molecule has 30 heavy (non-hydrogen) atoms. The number of sulfonamides is 1. The fourth-order valence-corrected chi connectivity index (χ4v) is 5.22. The standard InChI is InChI=1S/C18H16ClN3O6S2/c1-9-6-13-16(27-8-26-13)10(2)15(9)22(17-14(19)11(3)20-28-17)18(23)21-30(24,25)12-4-5-29-7-12/h4-7H,8H2,1-3H3,(H,21,23). The van der Waals surface area contributed by atoms with E-state index in [9.17, 15) is 13.2 Å². The Hall–Kier alpha value is -2.76. The first-order valence-corrected chi connectivity index (χ1v) is 11.4. The van der Waals surface area contributed by atoms with Gasteiger partial charge in [0.2, 0.25) is 6.79 Å². The summed E-state index contributed by atoms with van der Waals surface area (Å²) in [6, 6.07) is 2.10. The number of hydrogen-bond donors (Lipinski definition) is 1. The third-order valence-electron chi connectivity index (χ3n) is 4.49. The van der Waals surface area contributed by atoms with Crippen LogP contribution in [0.1, 0.15) is 16.8 Å². The van der Waals surface area contributed by atoms with Crippen LogP contribution >= 0.6 is 22.9 Å². The molecule has 0 saturated carbocycles. The van der Waals surface area contributed by atoms with Crippen molar-refractivity contribution in [2.24, 2.45) is 0 Å². The monoisotopic (exact) mass is 469 g/mol. The van der Waals surface area contributed by atoms with Crippen molar-refractivity contribution in [3.63, 3.8) is 0 Å². The number of halogens is 1. The van der Waals surface area contributed by atoms with E-state index in [1.807, 2.05) is 0 Å². The van der Waals surface area contributed by atoms with Gasteiger partial charge < -0.3 is 14.0 Å². The van der Waals surface area contributed by atoms with Crippen LogP contribution in [0.15, 0.2) is 32.3 Å². The van der Waals surface area contributed by atoms with Gasteiger partial charge in [-0.1, -0.05) is 16.8 Å². The minimum Gasteiger partial charge on any atom is -0.454 e. The summed E-state index contributed by atoms with van der Waals surface area (Å²) < 4.78 is 43.6. The van der Waals surface area contributed by atoms with Crippen molar-refractivity contribution < 1.29 is 27.2 Å². The zero-order chi connectivity index (χ0) is 21.6. The zero-order valence-corrected chi connectivity index (χ0v) is 18.4. The molecule has 1 aliphatic heterocycles. The molecule has 0 unspecified atom stereocenters. The summed E-state index contributed by atoms with van der Waals surface area (Å²) >= 11 is 7.50. The van der Waals surface area contributed by atoms with Crippen LogP contribution in [0.4, 0.5) is 16.4 Å². The highest BCUT2D eigenvalue weighted by Gasteiger charge is 2.34. The van der Waals surface area contributed by atoms with E-state index in [1.54, 1.807) is 32.2 Å². The second-order valence-corrected chi connectivity index (χ2v) is 9.33. The molecule has 12 heteroatoms. The van der Waals surface area contributed by atoms with E-state index >= 15 is 0 Å². The second kappa shape index (κ2) is 7.49. The molecular formula is C18H16ClN3O6S2. The van der Waals surface area contributed by atoms with Crippen LogP contribution in [0.25, 0.3) is 0 Å². The third-order valence-corrected chi connectivity index (χ3v) is 7.08. The lowest BCUT2D eigenvalue weighted by Crippen LogP contribution is -2.41. The van der Waals surface area contributed by atoms with Gasteiger partial charge in [0.15, 0.2) is 11.5 Å². The Balaban J connectivity index is 1.85. The number of rotatable bonds is 4. The number of anilines is 2. The summed E-state index contributed by atoms with van der Waals surface area (Å²) in [5, 5.41) is 6.89. The van der Waals surface area contributed by atoms with E-state index in [2.05, 4.69) is 9.88 Å². The maximum Gasteiger partial charge on any atom is 0.342 e. The van der Waals surface area contributed by atoms with Gasteiger partial charge >= 0.3 is 6.03 Å². The molecule has 0 atom stereocenters. The molecule has 0 saturated heterocycles. The molecule has 0 radical (unpaired) electrons. The van der Waals surface area contributed by atoms with Crippen LogP contribution < -0.4 is 19.1 Å². The van der Waals surface area contributed by atoms with E-state index in [0.717, 1.165) is 4.90 Å². The first-order chi connectivity index (χ1) is 14.2. The maximum atomic E-state index is 13.2. The molecule has 0 bridgehead atoms. The number of aryl methyl sites for hydroxylation is 2. The Labute approximate surface area is 181 Å². The summed E-state index contributed by atoms with van der Waals surface area (Å²) in [5.74, 6) is 0.860. The lowest BCUT2D eigenvalue weighted by atomic mass is 10.1. The second-order valence-electron chi connectivity index (χ2n) is 6.49. The molecule has 1 aromatic carbocycles. The maximum absolute atomic E-state index is 13.2. The molecule has 158 valence electrons. The summed E-state index contributed by atoms with van der Waals surface area (Å²) in [6.07, 6.45) is 0. The Bertz CT molecular complexity index is 1240. The van der Waals surface area contributed by atoms with E-state index in [1.165, 1.54) is 22.8 Å². The van der Waals surface area contributed by atoms with Crippen molar-refractivity contribution in [3.8, 4) is 11.5 Å². The normalized spacial score (nSPS) is 12.8. The topological polar surface area (TPSA) is 111 Å². The average molecular weight is 470 g/mol. The Morgan fingerprint density at radius 2 is 2.07 bits per heavy atom. The number of carbonyl (C=O) groups excluding carboxylic acids is 1. The highest BCUT2D eigenvalue weighted by atomic mass is 35.5. The summed E-state index contributed by atoms with van der Waals surface area (Å²) in [5.41, 5.74) is 1.86. The van der Waals surface area contributed by atoms with Crippen LogP contribution in [0.5, 0.6) is 11.5 Å². The predicted molar refractivity (Wildman–Crippen MR) is 110 cm³/mol. The van der Waals surface area contributed by atoms with E-state index < -0.39 is 16.1 Å². The van der Waals surface area contributed by atoms with Crippen LogP contribution in [0.3, 0.4) is 0 Å². The molecule has 3 aromatic rings. The molecule has 9 nitrogen and oxygen atoms in total. The minimum absolute atomic E-state index is 0.0280. The lowest BCUT2D eigenvalue weighted by Gasteiger charge is -2.24. The number of nitrogens with zero attached hydrogens (tertiary/aromatic N) is 2. The molecule has 3 heterocycles. The van der Waals surface area contributed by atoms with Gasteiger partial charge in [0.25, 0.3) is 15.9 Å². The molecule has 2 aromatic heterocycles. The predicted octanol–water partition coefficient (Wildman–Crippen LogP) is 4.28. The van der Waals surface area contributed by atoms with E-state index in [0.29, 0.717) is 34.0 Å². The van der Waals surface area contributed by atoms with Crippen molar-refractivity contribution in [1.29, 1.82) is 0 Å². The molecule has 1 aliphatic rings. The fraction of sp³-hybridized carbons (Fsp3) is 0.222. The zero-order valence-electron chi connectivity index (χ0n) is 16.1. The number of carbonyl (C=O) groups is 1. The Morgan fingerprint density at radius 3 is 2.70 bits per heavy atom. The number of thiophene rings is 1. The van der Waals surface area contributed by atoms with Gasteiger partial charge in [0.1, 0.15) is 10.7 Å². The number of amides is 2. The smallest absolute Gasteiger partial charge is 0.342 e. The molecule has 2 amide bonds. The number of hydrogen-bond acceptors (Lipinski definition) is 8. The number of urea groups is 1.